The fraction of sp³-hybridized carbons (Fsp3) is 0.385. The van der Waals surface area contributed by atoms with Crippen molar-refractivity contribution >= 4 is 18.0 Å². The van der Waals surface area contributed by atoms with Crippen molar-refractivity contribution in [1.82, 2.24) is 9.80 Å². The van der Waals surface area contributed by atoms with Crippen LogP contribution in [0.3, 0.4) is 0 Å². The van der Waals surface area contributed by atoms with Gasteiger partial charge in [0.2, 0.25) is 12.3 Å². The first kappa shape index (κ1) is 14.4. The molecule has 20 heavy (non-hydrogen) atoms. The number of piperazine rings is 1. The molecule has 1 fully saturated rings. The molecule has 108 valence electrons. The number of carbonyl (C=O) groups is 2. The molecule has 0 radical (unpaired) electrons. The van der Waals surface area contributed by atoms with E-state index in [2.05, 4.69) is 5.32 Å². The normalized spacial score (nSPS) is 16.0. The topological polar surface area (TPSA) is 52.7 Å². The van der Waals surface area contributed by atoms with Gasteiger partial charge in [-0.05, 0) is 12.1 Å². The van der Waals surface area contributed by atoms with Crippen molar-refractivity contribution in [1.29, 1.82) is 0 Å². The molecule has 2 amide bonds. The molecule has 7 heteroatoms. The van der Waals surface area contributed by atoms with Crippen LogP contribution >= 0.6 is 0 Å². The molecule has 0 bridgehead atoms. The minimum Gasteiger partial charge on any atom is -0.343 e. The van der Waals surface area contributed by atoms with E-state index in [0.717, 1.165) is 18.5 Å². The number of anilines is 1. The highest BCUT2D eigenvalue weighted by molar-refractivity contribution is 5.92. The highest BCUT2D eigenvalue weighted by Gasteiger charge is 2.19. The van der Waals surface area contributed by atoms with Crippen LogP contribution < -0.4 is 5.32 Å². The number of amides is 2. The summed E-state index contributed by atoms with van der Waals surface area (Å²) in [5.74, 6) is -2.08. The van der Waals surface area contributed by atoms with Crippen molar-refractivity contribution in [2.24, 2.45) is 0 Å². The molecule has 1 aromatic rings. The predicted octanol–water partition coefficient (Wildman–Crippen LogP) is 0.677. The quantitative estimate of drug-likeness (QED) is 0.827. The smallest absolute Gasteiger partial charge is 0.238 e. The summed E-state index contributed by atoms with van der Waals surface area (Å²) in [5.41, 5.74) is -0.427. The maximum Gasteiger partial charge on any atom is 0.238 e. The van der Waals surface area contributed by atoms with Gasteiger partial charge < -0.3 is 10.2 Å². The lowest BCUT2D eigenvalue weighted by Crippen LogP contribution is -2.48. The van der Waals surface area contributed by atoms with Crippen molar-refractivity contribution in [3.63, 3.8) is 0 Å². The Kier molecular flexibility index (Phi) is 4.62. The van der Waals surface area contributed by atoms with Gasteiger partial charge in [0.25, 0.3) is 0 Å². The Bertz CT molecular complexity index is 482. The standard InChI is InChI=1S/C13H15F2N3O2/c14-10-2-1-3-11(15)13(10)16-12(20)8-17-4-6-18(9-19)7-5-17/h1-3,9H,4-8H2,(H,16,20). The molecule has 0 aliphatic carbocycles. The zero-order valence-corrected chi connectivity index (χ0v) is 10.8. The Hall–Kier alpha value is -2.02. The van der Waals surface area contributed by atoms with Gasteiger partial charge in [0, 0.05) is 26.2 Å². The fourth-order valence-electron chi connectivity index (χ4n) is 2.03. The van der Waals surface area contributed by atoms with Crippen LogP contribution in [0.25, 0.3) is 0 Å². The Morgan fingerprint density at radius 2 is 1.80 bits per heavy atom. The van der Waals surface area contributed by atoms with Gasteiger partial charge in [0.05, 0.1) is 6.54 Å². The Morgan fingerprint density at radius 3 is 2.35 bits per heavy atom. The molecule has 0 unspecified atom stereocenters. The van der Waals surface area contributed by atoms with E-state index >= 15 is 0 Å². The summed E-state index contributed by atoms with van der Waals surface area (Å²) < 4.78 is 26.7. The number of hydrogen-bond donors (Lipinski definition) is 1. The molecule has 0 saturated carbocycles. The average molecular weight is 283 g/mol. The lowest BCUT2D eigenvalue weighted by Gasteiger charge is -2.31. The molecule has 1 aliphatic heterocycles. The largest absolute Gasteiger partial charge is 0.343 e. The van der Waals surface area contributed by atoms with Crippen LogP contribution in [0.4, 0.5) is 14.5 Å². The number of halogens is 2. The third-order valence-electron chi connectivity index (χ3n) is 3.15. The van der Waals surface area contributed by atoms with Crippen LogP contribution in [0, 0.1) is 11.6 Å². The molecule has 0 aromatic heterocycles. The summed E-state index contributed by atoms with van der Waals surface area (Å²) in [5, 5.41) is 2.24. The van der Waals surface area contributed by atoms with Gasteiger partial charge >= 0.3 is 0 Å². The van der Waals surface area contributed by atoms with E-state index in [1.165, 1.54) is 6.07 Å². The van der Waals surface area contributed by atoms with E-state index < -0.39 is 23.2 Å². The summed E-state index contributed by atoms with van der Waals surface area (Å²) in [6.07, 6.45) is 0.770. The molecule has 1 heterocycles. The number of benzene rings is 1. The van der Waals surface area contributed by atoms with Crippen molar-refractivity contribution in [2.45, 2.75) is 0 Å². The molecule has 0 atom stereocenters. The van der Waals surface area contributed by atoms with Crippen molar-refractivity contribution in [3.05, 3.63) is 29.8 Å². The first-order valence-corrected chi connectivity index (χ1v) is 6.25. The zero-order chi connectivity index (χ0) is 14.5. The number of para-hydroxylation sites is 1. The second kappa shape index (κ2) is 6.42. The molecule has 1 N–H and O–H groups in total. The van der Waals surface area contributed by atoms with Gasteiger partial charge in [-0.15, -0.1) is 0 Å². The highest BCUT2D eigenvalue weighted by atomic mass is 19.1. The molecule has 1 aromatic carbocycles. The van der Waals surface area contributed by atoms with E-state index in [1.807, 2.05) is 4.90 Å². The van der Waals surface area contributed by atoms with Crippen LogP contribution in [0.5, 0.6) is 0 Å². The maximum absolute atomic E-state index is 13.4. The highest BCUT2D eigenvalue weighted by Crippen LogP contribution is 2.17. The summed E-state index contributed by atoms with van der Waals surface area (Å²) >= 11 is 0. The summed E-state index contributed by atoms with van der Waals surface area (Å²) in [7, 11) is 0. The van der Waals surface area contributed by atoms with Crippen LogP contribution in [0.15, 0.2) is 18.2 Å². The minimum atomic E-state index is -0.802. The molecule has 1 aliphatic rings. The Labute approximate surface area is 115 Å². The van der Waals surface area contributed by atoms with Crippen molar-refractivity contribution in [2.75, 3.05) is 38.0 Å². The Balaban J connectivity index is 1.88. The molecule has 5 nitrogen and oxygen atoms in total. The van der Waals surface area contributed by atoms with Gasteiger partial charge in [-0.1, -0.05) is 6.07 Å². The second-order valence-electron chi connectivity index (χ2n) is 4.56. The molecule has 0 spiro atoms. The molecular weight excluding hydrogens is 268 g/mol. The van der Waals surface area contributed by atoms with Gasteiger partial charge in [-0.2, -0.15) is 0 Å². The first-order valence-electron chi connectivity index (χ1n) is 6.25. The fourth-order valence-corrected chi connectivity index (χ4v) is 2.03. The Morgan fingerprint density at radius 1 is 1.20 bits per heavy atom. The lowest BCUT2D eigenvalue weighted by atomic mass is 10.2. The van der Waals surface area contributed by atoms with Crippen LogP contribution in [0.2, 0.25) is 0 Å². The summed E-state index contributed by atoms with van der Waals surface area (Å²) in [6, 6.07) is 3.40. The van der Waals surface area contributed by atoms with E-state index in [-0.39, 0.29) is 6.54 Å². The van der Waals surface area contributed by atoms with Gasteiger partial charge in [0.1, 0.15) is 17.3 Å². The summed E-state index contributed by atoms with van der Waals surface area (Å²) in [4.78, 5) is 25.8. The van der Waals surface area contributed by atoms with Crippen LogP contribution in [0.1, 0.15) is 0 Å². The second-order valence-corrected chi connectivity index (χ2v) is 4.56. The van der Waals surface area contributed by atoms with Gasteiger partial charge in [0.15, 0.2) is 0 Å². The lowest BCUT2D eigenvalue weighted by molar-refractivity contribution is -0.120. The van der Waals surface area contributed by atoms with Gasteiger partial charge in [-0.3, -0.25) is 14.5 Å². The molecule has 2 rings (SSSR count). The number of nitrogens with one attached hydrogen (secondary N) is 1. The number of carbonyl (C=O) groups excluding carboxylic acids is 2. The van der Waals surface area contributed by atoms with Crippen molar-refractivity contribution < 1.29 is 18.4 Å². The third-order valence-corrected chi connectivity index (χ3v) is 3.15. The molecule has 1 saturated heterocycles. The molecular formula is C13H15F2N3O2. The van der Waals surface area contributed by atoms with E-state index in [0.29, 0.717) is 26.2 Å². The van der Waals surface area contributed by atoms with E-state index in [1.54, 1.807) is 4.90 Å². The van der Waals surface area contributed by atoms with E-state index in [4.69, 9.17) is 0 Å². The van der Waals surface area contributed by atoms with E-state index in [9.17, 15) is 18.4 Å². The van der Waals surface area contributed by atoms with Crippen LogP contribution in [-0.2, 0) is 9.59 Å². The third kappa shape index (κ3) is 3.51. The number of rotatable bonds is 4. The minimum absolute atomic E-state index is 0.0421. The predicted molar refractivity (Wildman–Crippen MR) is 69.1 cm³/mol. The maximum atomic E-state index is 13.4. The first-order chi connectivity index (χ1) is 9.60. The SMILES string of the molecule is O=CN1CCN(CC(=O)Nc2c(F)cccc2F)CC1. The zero-order valence-electron chi connectivity index (χ0n) is 10.8. The number of hydrogen-bond acceptors (Lipinski definition) is 3. The number of nitrogens with zero attached hydrogens (tertiary/aromatic N) is 2. The average Bonchev–Trinajstić information content (AvgIpc) is 2.44. The van der Waals surface area contributed by atoms with Gasteiger partial charge in [-0.25, -0.2) is 8.78 Å². The summed E-state index contributed by atoms with van der Waals surface area (Å²) in [6.45, 7) is 2.26. The van der Waals surface area contributed by atoms with Crippen LogP contribution in [-0.4, -0.2) is 54.8 Å². The monoisotopic (exact) mass is 283 g/mol. The van der Waals surface area contributed by atoms with Crippen molar-refractivity contribution in [3.8, 4) is 0 Å².